The number of pyridine rings is 1. The Kier molecular flexibility index (Phi) is 11.4. The third kappa shape index (κ3) is 8.75. The van der Waals surface area contributed by atoms with Crippen molar-refractivity contribution in [2.45, 2.75) is 73.0 Å². The van der Waals surface area contributed by atoms with Crippen molar-refractivity contribution in [3.8, 4) is 27.3 Å². The van der Waals surface area contributed by atoms with E-state index in [1.807, 2.05) is 38.3 Å². The molecule has 0 radical (unpaired) electrons. The summed E-state index contributed by atoms with van der Waals surface area (Å²) in [6.45, 7) is 12.4. The first-order valence-electron chi connectivity index (χ1n) is 16.9. The lowest BCUT2D eigenvalue weighted by molar-refractivity contribution is 0.0522. The molecule has 4 aromatic rings. The summed E-state index contributed by atoms with van der Waals surface area (Å²) in [6.07, 6.45) is 1.90. The molecule has 3 amide bonds. The van der Waals surface area contributed by atoms with E-state index >= 15 is 0 Å². The van der Waals surface area contributed by atoms with Crippen LogP contribution < -0.4 is 20.7 Å². The molecule has 2 aromatic heterocycles. The van der Waals surface area contributed by atoms with Gasteiger partial charge in [0.1, 0.15) is 17.0 Å². The molecule has 1 aliphatic rings. The predicted molar refractivity (Wildman–Crippen MR) is 198 cm³/mol. The van der Waals surface area contributed by atoms with Crippen LogP contribution in [0.2, 0.25) is 0 Å². The van der Waals surface area contributed by atoms with Crippen LogP contribution in [0.3, 0.4) is 0 Å². The van der Waals surface area contributed by atoms with E-state index in [-0.39, 0.29) is 23.5 Å². The van der Waals surface area contributed by atoms with Crippen LogP contribution in [0.4, 0.5) is 10.5 Å². The summed E-state index contributed by atoms with van der Waals surface area (Å²) in [6, 6.07) is 12.5. The maximum atomic E-state index is 14.4. The molecule has 51 heavy (non-hydrogen) atoms. The number of nitrogens with one attached hydrogen (secondary N) is 3. The Labute approximate surface area is 302 Å². The number of hydrogen-bond acceptors (Lipinski definition) is 9. The first kappa shape index (κ1) is 37.0. The monoisotopic (exact) mass is 712 g/mol. The Bertz CT molecular complexity index is 1960. The number of aryl methyl sites for hydroxylation is 2. The molecule has 2 aromatic carbocycles. The van der Waals surface area contributed by atoms with Crippen LogP contribution in [-0.2, 0) is 22.4 Å². The number of alkyl carbamates (subject to hydrolysis) is 1. The Morgan fingerprint density at radius 2 is 1.69 bits per heavy atom. The second-order valence-electron chi connectivity index (χ2n) is 13.4. The minimum atomic E-state index is -0.752. The zero-order valence-corrected chi connectivity index (χ0v) is 30.9. The van der Waals surface area contributed by atoms with Gasteiger partial charge in [-0.25, -0.2) is 14.6 Å². The van der Waals surface area contributed by atoms with Crippen molar-refractivity contribution in [1.82, 2.24) is 15.6 Å². The van der Waals surface area contributed by atoms with Crippen molar-refractivity contribution in [2.24, 2.45) is 0 Å². The number of carbonyl (C=O) groups excluding carboxylic acids is 4. The topological polar surface area (TPSA) is 145 Å². The van der Waals surface area contributed by atoms with Gasteiger partial charge in [0.05, 0.1) is 13.7 Å². The number of carbonyl (C=O) groups is 4. The second kappa shape index (κ2) is 15.8. The molecular weight excluding hydrogens is 669 g/mol. The van der Waals surface area contributed by atoms with Crippen LogP contribution in [0.25, 0.3) is 21.6 Å². The lowest BCUT2D eigenvalue weighted by Gasteiger charge is -2.20. The van der Waals surface area contributed by atoms with Crippen molar-refractivity contribution < 1.29 is 33.4 Å². The first-order chi connectivity index (χ1) is 24.3. The largest absolute Gasteiger partial charge is 0.493 e. The van der Waals surface area contributed by atoms with Gasteiger partial charge in [-0.2, -0.15) is 0 Å². The number of unbranched alkanes of at least 4 members (excludes halogenated alkanes) is 1. The van der Waals surface area contributed by atoms with Crippen LogP contribution in [0, 0.1) is 13.8 Å². The molecule has 1 aliphatic heterocycles. The zero-order valence-electron chi connectivity index (χ0n) is 30.1. The number of esters is 1. The number of anilines is 1. The number of amides is 3. The molecule has 5 rings (SSSR count). The lowest BCUT2D eigenvalue weighted by atomic mass is 9.93. The number of thiophene rings is 1. The smallest absolute Gasteiger partial charge is 0.407 e. The van der Waals surface area contributed by atoms with Crippen molar-refractivity contribution in [3.05, 3.63) is 87.0 Å². The molecule has 12 heteroatoms. The predicted octanol–water partition coefficient (Wildman–Crippen LogP) is 7.62. The summed E-state index contributed by atoms with van der Waals surface area (Å²) < 4.78 is 16.7. The van der Waals surface area contributed by atoms with E-state index in [0.717, 1.165) is 45.5 Å². The average Bonchev–Trinajstić information content (AvgIpc) is 3.48. The number of fused-ring (bicyclic) bond motifs is 3. The number of ether oxygens (including phenoxy) is 3. The highest BCUT2D eigenvalue weighted by Crippen LogP contribution is 2.43. The summed E-state index contributed by atoms with van der Waals surface area (Å²) in [4.78, 5) is 58.2. The fourth-order valence-corrected chi connectivity index (χ4v) is 6.85. The van der Waals surface area contributed by atoms with Gasteiger partial charge in [-0.15, -0.1) is 11.3 Å². The normalized spacial score (nSPS) is 12.1. The van der Waals surface area contributed by atoms with Gasteiger partial charge in [0.25, 0.3) is 11.8 Å². The van der Waals surface area contributed by atoms with Crippen LogP contribution in [0.1, 0.15) is 94.1 Å². The molecule has 0 atom stereocenters. The zero-order chi connectivity index (χ0) is 36.9. The standard InChI is InChI=1S/C39H44N4O7S/c1-8-9-14-40-36(45)30-11-10-26(33(42-30)37(46)48-7)27-20-31-29(34-25(12-15-49-31)13-16-51-34)19-28(27)35(44)43-32-22(2)17-24(18-23(32)3)21-41-38(47)50-39(4,5)6/h10-11,13,16-20H,8-9,12,14-15,21H2,1-7H3,(H,40,45)(H,41,47)(H,43,44). The van der Waals surface area contributed by atoms with Crippen molar-refractivity contribution in [2.75, 3.05) is 25.6 Å². The van der Waals surface area contributed by atoms with Crippen LogP contribution >= 0.6 is 11.3 Å². The van der Waals surface area contributed by atoms with Gasteiger partial charge < -0.3 is 30.2 Å². The summed E-state index contributed by atoms with van der Waals surface area (Å²) >= 11 is 1.57. The molecule has 3 N–H and O–H groups in total. The van der Waals surface area contributed by atoms with Crippen molar-refractivity contribution in [1.29, 1.82) is 0 Å². The summed E-state index contributed by atoms with van der Waals surface area (Å²) in [5.74, 6) is -1.02. The molecule has 0 bridgehead atoms. The maximum absolute atomic E-state index is 14.4. The molecular formula is C39H44N4O7S. The minimum absolute atomic E-state index is 0.0583. The molecule has 0 fully saturated rings. The van der Waals surface area contributed by atoms with E-state index < -0.39 is 29.5 Å². The molecule has 11 nitrogen and oxygen atoms in total. The van der Waals surface area contributed by atoms with E-state index in [2.05, 4.69) is 27.0 Å². The number of hydrogen-bond donors (Lipinski definition) is 3. The Morgan fingerprint density at radius 1 is 0.941 bits per heavy atom. The molecule has 0 spiro atoms. The van der Waals surface area contributed by atoms with E-state index in [0.29, 0.717) is 42.1 Å². The van der Waals surface area contributed by atoms with Gasteiger partial charge in [0, 0.05) is 52.3 Å². The summed E-state index contributed by atoms with van der Waals surface area (Å²) in [5.41, 5.74) is 5.25. The lowest BCUT2D eigenvalue weighted by Crippen LogP contribution is -2.32. The van der Waals surface area contributed by atoms with Gasteiger partial charge >= 0.3 is 12.1 Å². The highest BCUT2D eigenvalue weighted by Gasteiger charge is 2.27. The fraction of sp³-hybridized carbons (Fsp3) is 0.359. The van der Waals surface area contributed by atoms with Gasteiger partial charge in [0.2, 0.25) is 0 Å². The average molecular weight is 713 g/mol. The quantitative estimate of drug-likeness (QED) is 0.113. The maximum Gasteiger partial charge on any atom is 0.407 e. The third-order valence-corrected chi connectivity index (χ3v) is 9.25. The first-order valence-corrected chi connectivity index (χ1v) is 17.8. The van der Waals surface area contributed by atoms with Crippen LogP contribution in [-0.4, -0.2) is 54.7 Å². The number of benzene rings is 2. The van der Waals surface area contributed by atoms with Gasteiger partial charge in [0.15, 0.2) is 5.69 Å². The van der Waals surface area contributed by atoms with Crippen LogP contribution in [0.5, 0.6) is 5.75 Å². The van der Waals surface area contributed by atoms with Crippen molar-refractivity contribution in [3.63, 3.8) is 0 Å². The number of rotatable bonds is 10. The third-order valence-electron chi connectivity index (χ3n) is 8.26. The molecule has 268 valence electrons. The fourth-order valence-electron chi connectivity index (χ4n) is 5.87. The van der Waals surface area contributed by atoms with E-state index in [4.69, 9.17) is 14.2 Å². The molecule has 3 heterocycles. The number of nitrogens with zero attached hydrogens (tertiary/aromatic N) is 1. The summed E-state index contributed by atoms with van der Waals surface area (Å²) in [5, 5.41) is 10.7. The van der Waals surface area contributed by atoms with Gasteiger partial charge in [-0.1, -0.05) is 25.5 Å². The minimum Gasteiger partial charge on any atom is -0.493 e. The molecule has 0 saturated carbocycles. The van der Waals surface area contributed by atoms with Crippen molar-refractivity contribution >= 4 is 40.9 Å². The van der Waals surface area contributed by atoms with Gasteiger partial charge in [-0.05, 0) is 99.0 Å². The molecule has 0 saturated heterocycles. The van der Waals surface area contributed by atoms with Gasteiger partial charge in [-0.3, -0.25) is 9.59 Å². The molecule has 0 aliphatic carbocycles. The highest BCUT2D eigenvalue weighted by atomic mass is 32.1. The van der Waals surface area contributed by atoms with E-state index in [9.17, 15) is 19.2 Å². The SMILES string of the molecule is CCCCNC(=O)c1ccc(-c2cc3c(cc2C(=O)Nc2c(C)cc(CNC(=O)OC(C)(C)C)cc2C)-c2sccc2CCO3)c(C(=O)OC)n1. The Hall–Kier alpha value is -5.23. The Balaban J connectivity index is 1.56. The highest BCUT2D eigenvalue weighted by molar-refractivity contribution is 7.13. The van der Waals surface area contributed by atoms with Crippen LogP contribution in [0.15, 0.2) is 47.8 Å². The van der Waals surface area contributed by atoms with E-state index in [1.165, 1.54) is 13.2 Å². The number of methoxy groups -OCH3 is 1. The van der Waals surface area contributed by atoms with E-state index in [1.54, 1.807) is 50.3 Å². The second-order valence-corrected chi connectivity index (χ2v) is 14.3. The number of aromatic nitrogens is 1. The molecule has 0 unspecified atom stereocenters. The Morgan fingerprint density at radius 3 is 2.37 bits per heavy atom. The summed E-state index contributed by atoms with van der Waals surface area (Å²) in [7, 11) is 1.24.